The lowest BCUT2D eigenvalue weighted by Crippen LogP contribution is -2.48. The van der Waals surface area contributed by atoms with Crippen molar-refractivity contribution in [1.82, 2.24) is 9.88 Å². The van der Waals surface area contributed by atoms with Gasteiger partial charge in [0, 0.05) is 48.9 Å². The Morgan fingerprint density at radius 3 is 2.29 bits per heavy atom. The van der Waals surface area contributed by atoms with Gasteiger partial charge in [0.1, 0.15) is 11.5 Å². The molecule has 1 aliphatic rings. The largest absolute Gasteiger partial charge is 0.497 e. The first kappa shape index (κ1) is 21.8. The van der Waals surface area contributed by atoms with Crippen LogP contribution in [0.25, 0.3) is 22.2 Å². The van der Waals surface area contributed by atoms with E-state index in [0.717, 1.165) is 29.6 Å². The van der Waals surface area contributed by atoms with E-state index < -0.39 is 0 Å². The zero-order valence-corrected chi connectivity index (χ0v) is 19.4. The topological polar surface area (TPSA) is 54.9 Å². The standard InChI is InChI=1S/C28H27N3O3/c1-33-21-12-13-23(27(18-21)34-2)26-19-24(22-10-6-7-11-25(22)29-26)28(32)31-16-14-30(15-17-31)20-8-4-3-5-9-20/h3-13,18-19H,14-17H2,1-2H3. The van der Waals surface area contributed by atoms with E-state index in [1.807, 2.05) is 71.6 Å². The molecule has 172 valence electrons. The maximum atomic E-state index is 13.7. The molecule has 1 aromatic heterocycles. The van der Waals surface area contributed by atoms with Gasteiger partial charge in [-0.2, -0.15) is 0 Å². The highest BCUT2D eigenvalue weighted by Gasteiger charge is 2.25. The number of benzene rings is 3. The van der Waals surface area contributed by atoms with Crippen molar-refractivity contribution < 1.29 is 14.3 Å². The van der Waals surface area contributed by atoms with E-state index in [1.54, 1.807) is 14.2 Å². The highest BCUT2D eigenvalue weighted by atomic mass is 16.5. The van der Waals surface area contributed by atoms with Gasteiger partial charge in [-0.3, -0.25) is 4.79 Å². The number of aromatic nitrogens is 1. The van der Waals surface area contributed by atoms with E-state index >= 15 is 0 Å². The van der Waals surface area contributed by atoms with Gasteiger partial charge < -0.3 is 19.3 Å². The minimum Gasteiger partial charge on any atom is -0.497 e. The normalized spacial score (nSPS) is 13.7. The number of anilines is 1. The molecule has 0 spiro atoms. The van der Waals surface area contributed by atoms with Crippen LogP contribution in [0, 0.1) is 0 Å². The maximum absolute atomic E-state index is 13.7. The molecule has 1 saturated heterocycles. The highest BCUT2D eigenvalue weighted by Crippen LogP contribution is 2.34. The van der Waals surface area contributed by atoms with Crippen LogP contribution in [0.1, 0.15) is 10.4 Å². The summed E-state index contributed by atoms with van der Waals surface area (Å²) in [5, 5.41) is 0.856. The summed E-state index contributed by atoms with van der Waals surface area (Å²) < 4.78 is 10.9. The Labute approximate surface area is 199 Å². The Balaban J connectivity index is 1.48. The third kappa shape index (κ3) is 4.15. The second kappa shape index (κ2) is 9.43. The number of ether oxygens (including phenoxy) is 2. The van der Waals surface area contributed by atoms with Crippen molar-refractivity contribution in [2.45, 2.75) is 0 Å². The van der Waals surface area contributed by atoms with Crippen molar-refractivity contribution >= 4 is 22.5 Å². The summed E-state index contributed by atoms with van der Waals surface area (Å²) in [6.45, 7) is 2.95. The van der Waals surface area contributed by atoms with E-state index in [-0.39, 0.29) is 5.91 Å². The fourth-order valence-corrected chi connectivity index (χ4v) is 4.48. The van der Waals surface area contributed by atoms with Gasteiger partial charge in [0.2, 0.25) is 0 Å². The number of para-hydroxylation sites is 2. The average Bonchev–Trinajstić information content (AvgIpc) is 2.92. The summed E-state index contributed by atoms with van der Waals surface area (Å²) >= 11 is 0. The first-order valence-electron chi connectivity index (χ1n) is 11.4. The number of rotatable bonds is 5. The molecule has 0 atom stereocenters. The van der Waals surface area contributed by atoms with E-state index in [0.29, 0.717) is 35.8 Å². The minimum atomic E-state index is 0.0278. The zero-order valence-electron chi connectivity index (χ0n) is 19.4. The molecule has 1 amide bonds. The molecule has 6 nitrogen and oxygen atoms in total. The van der Waals surface area contributed by atoms with Crippen LogP contribution < -0.4 is 14.4 Å². The van der Waals surface area contributed by atoms with Crippen LogP contribution in [0.5, 0.6) is 11.5 Å². The number of methoxy groups -OCH3 is 2. The van der Waals surface area contributed by atoms with Crippen LogP contribution in [-0.2, 0) is 0 Å². The summed E-state index contributed by atoms with van der Waals surface area (Å²) in [5.41, 5.74) is 4.15. The number of fused-ring (bicyclic) bond motifs is 1. The van der Waals surface area contributed by atoms with Crippen molar-refractivity contribution in [3.05, 3.63) is 84.4 Å². The Hall–Kier alpha value is -4.06. The molecule has 0 N–H and O–H groups in total. The maximum Gasteiger partial charge on any atom is 0.254 e. The molecule has 1 fully saturated rings. The molecule has 6 heteroatoms. The monoisotopic (exact) mass is 453 g/mol. The third-order valence-corrected chi connectivity index (χ3v) is 6.32. The van der Waals surface area contributed by atoms with Gasteiger partial charge in [0.25, 0.3) is 5.91 Å². The van der Waals surface area contributed by atoms with Crippen molar-refractivity contribution in [3.8, 4) is 22.8 Å². The van der Waals surface area contributed by atoms with Crippen molar-refractivity contribution in [3.63, 3.8) is 0 Å². The van der Waals surface area contributed by atoms with Gasteiger partial charge in [-0.05, 0) is 36.4 Å². The number of carbonyl (C=O) groups excluding carboxylic acids is 1. The minimum absolute atomic E-state index is 0.0278. The van der Waals surface area contributed by atoms with Crippen molar-refractivity contribution in [2.75, 3.05) is 45.3 Å². The molecule has 34 heavy (non-hydrogen) atoms. The molecule has 1 aliphatic heterocycles. The van der Waals surface area contributed by atoms with Gasteiger partial charge in [0.15, 0.2) is 0 Å². The third-order valence-electron chi connectivity index (χ3n) is 6.32. The van der Waals surface area contributed by atoms with Gasteiger partial charge in [-0.1, -0.05) is 36.4 Å². The Morgan fingerprint density at radius 1 is 0.824 bits per heavy atom. The van der Waals surface area contributed by atoms with Gasteiger partial charge in [-0.15, -0.1) is 0 Å². The van der Waals surface area contributed by atoms with Crippen LogP contribution in [0.15, 0.2) is 78.9 Å². The van der Waals surface area contributed by atoms with Crippen molar-refractivity contribution in [1.29, 1.82) is 0 Å². The molecule has 0 radical (unpaired) electrons. The summed E-state index contributed by atoms with van der Waals surface area (Å²) in [4.78, 5) is 22.8. The van der Waals surface area contributed by atoms with E-state index in [1.165, 1.54) is 5.69 Å². The van der Waals surface area contributed by atoms with E-state index in [4.69, 9.17) is 14.5 Å². The van der Waals surface area contributed by atoms with Crippen molar-refractivity contribution in [2.24, 2.45) is 0 Å². The van der Waals surface area contributed by atoms with Crippen LogP contribution >= 0.6 is 0 Å². The molecule has 4 aromatic rings. The number of hydrogen-bond donors (Lipinski definition) is 0. The average molecular weight is 454 g/mol. The fraction of sp³-hybridized carbons (Fsp3) is 0.214. The Bertz CT molecular complexity index is 1320. The predicted molar refractivity (Wildman–Crippen MR) is 135 cm³/mol. The molecule has 3 aromatic carbocycles. The second-order valence-corrected chi connectivity index (χ2v) is 8.25. The van der Waals surface area contributed by atoms with Crippen LogP contribution in [-0.4, -0.2) is 56.2 Å². The Morgan fingerprint density at radius 2 is 1.56 bits per heavy atom. The number of pyridine rings is 1. The summed E-state index contributed by atoms with van der Waals surface area (Å²) in [7, 11) is 3.24. The lowest BCUT2D eigenvalue weighted by atomic mass is 10.0. The number of nitrogens with zero attached hydrogens (tertiary/aromatic N) is 3. The van der Waals surface area contributed by atoms with E-state index in [2.05, 4.69) is 17.0 Å². The number of carbonyl (C=O) groups is 1. The first-order valence-corrected chi connectivity index (χ1v) is 11.4. The predicted octanol–water partition coefficient (Wildman–Crippen LogP) is 4.88. The summed E-state index contributed by atoms with van der Waals surface area (Å²) in [5.74, 6) is 1.38. The second-order valence-electron chi connectivity index (χ2n) is 8.25. The summed E-state index contributed by atoms with van der Waals surface area (Å²) in [6, 6.07) is 25.6. The molecule has 2 heterocycles. The van der Waals surface area contributed by atoms with Gasteiger partial charge in [-0.25, -0.2) is 4.98 Å². The Kier molecular flexibility index (Phi) is 6.04. The highest BCUT2D eigenvalue weighted by molar-refractivity contribution is 6.07. The smallest absolute Gasteiger partial charge is 0.254 e. The molecule has 0 bridgehead atoms. The molecule has 0 unspecified atom stereocenters. The lowest BCUT2D eigenvalue weighted by molar-refractivity contribution is 0.0748. The lowest BCUT2D eigenvalue weighted by Gasteiger charge is -2.36. The number of piperazine rings is 1. The van der Waals surface area contributed by atoms with E-state index in [9.17, 15) is 4.79 Å². The fourth-order valence-electron chi connectivity index (χ4n) is 4.48. The van der Waals surface area contributed by atoms with Crippen LogP contribution in [0.2, 0.25) is 0 Å². The zero-order chi connectivity index (χ0) is 23.5. The van der Waals surface area contributed by atoms with Gasteiger partial charge >= 0.3 is 0 Å². The first-order chi connectivity index (χ1) is 16.7. The number of hydrogen-bond acceptors (Lipinski definition) is 5. The molecule has 0 saturated carbocycles. The van der Waals surface area contributed by atoms with Gasteiger partial charge in [0.05, 0.1) is 31.0 Å². The van der Waals surface area contributed by atoms with Crippen LogP contribution in [0.4, 0.5) is 5.69 Å². The number of amides is 1. The quantitative estimate of drug-likeness (QED) is 0.431. The molecular formula is C28H27N3O3. The summed E-state index contributed by atoms with van der Waals surface area (Å²) in [6.07, 6.45) is 0. The molecular weight excluding hydrogens is 426 g/mol. The molecule has 5 rings (SSSR count). The SMILES string of the molecule is COc1ccc(-c2cc(C(=O)N3CCN(c4ccccc4)CC3)c3ccccc3n2)c(OC)c1. The van der Waals surface area contributed by atoms with Crippen LogP contribution in [0.3, 0.4) is 0 Å². The molecule has 0 aliphatic carbocycles.